The lowest BCUT2D eigenvalue weighted by molar-refractivity contribution is -0.146. The standard InChI is InChI=1S/C21H18F3N7O2/c1-12-18(20(32)27-16-9-13(4-6-26-16)14-10-25-11-33-14)19-28-17(5-8-31(19)29-12)30-7-2-3-15(30)21(22,23)24/h4-6,8-11,15H,2-3,7H2,1H3,(H,26,27,32). The van der Waals surface area contributed by atoms with Gasteiger partial charge in [-0.1, -0.05) is 0 Å². The van der Waals surface area contributed by atoms with Crippen molar-refractivity contribution in [1.29, 1.82) is 0 Å². The molecular formula is C21H18F3N7O2. The van der Waals surface area contributed by atoms with Crippen molar-refractivity contribution in [2.75, 3.05) is 16.8 Å². The Labute approximate surface area is 185 Å². The highest BCUT2D eigenvalue weighted by molar-refractivity contribution is 6.09. The third-order valence-corrected chi connectivity index (χ3v) is 5.52. The molecule has 5 heterocycles. The zero-order valence-electron chi connectivity index (χ0n) is 17.4. The van der Waals surface area contributed by atoms with Crippen LogP contribution >= 0.6 is 0 Å². The molecule has 33 heavy (non-hydrogen) atoms. The Balaban J connectivity index is 1.47. The van der Waals surface area contributed by atoms with Crippen molar-refractivity contribution >= 4 is 23.2 Å². The van der Waals surface area contributed by atoms with Crippen LogP contribution in [0.5, 0.6) is 0 Å². The largest absolute Gasteiger partial charge is 0.444 e. The summed E-state index contributed by atoms with van der Waals surface area (Å²) >= 11 is 0. The Bertz CT molecular complexity index is 1320. The molecule has 9 nitrogen and oxygen atoms in total. The van der Waals surface area contributed by atoms with Crippen molar-refractivity contribution in [1.82, 2.24) is 24.6 Å². The fourth-order valence-corrected chi connectivity index (χ4v) is 4.03. The second kappa shape index (κ2) is 7.87. The lowest BCUT2D eigenvalue weighted by atomic mass is 10.2. The first-order valence-corrected chi connectivity index (χ1v) is 10.2. The van der Waals surface area contributed by atoms with E-state index in [2.05, 4.69) is 25.4 Å². The van der Waals surface area contributed by atoms with Gasteiger partial charge in [0, 0.05) is 24.5 Å². The average molecular weight is 457 g/mol. The maximum atomic E-state index is 13.4. The molecule has 0 aromatic carbocycles. The molecule has 4 aromatic rings. The molecule has 12 heteroatoms. The van der Waals surface area contributed by atoms with Gasteiger partial charge in [-0.15, -0.1) is 0 Å². The van der Waals surface area contributed by atoms with E-state index in [1.54, 1.807) is 19.1 Å². The van der Waals surface area contributed by atoms with Gasteiger partial charge in [-0.2, -0.15) is 18.3 Å². The number of amides is 1. The summed E-state index contributed by atoms with van der Waals surface area (Å²) in [5.41, 5.74) is 1.38. The Morgan fingerprint density at radius 1 is 1.30 bits per heavy atom. The van der Waals surface area contributed by atoms with Gasteiger partial charge in [-0.05, 0) is 38.0 Å². The van der Waals surface area contributed by atoms with E-state index in [-0.39, 0.29) is 35.8 Å². The molecule has 0 spiro atoms. The molecule has 1 N–H and O–H groups in total. The van der Waals surface area contributed by atoms with E-state index in [0.717, 1.165) is 0 Å². The zero-order valence-corrected chi connectivity index (χ0v) is 17.4. The van der Waals surface area contributed by atoms with Gasteiger partial charge >= 0.3 is 6.18 Å². The van der Waals surface area contributed by atoms with Crippen molar-refractivity contribution in [3.63, 3.8) is 0 Å². The molecule has 5 rings (SSSR count). The number of pyridine rings is 1. The summed E-state index contributed by atoms with van der Waals surface area (Å²) in [5.74, 6) is 0.404. The van der Waals surface area contributed by atoms with E-state index in [9.17, 15) is 18.0 Å². The SMILES string of the molecule is Cc1nn2ccc(N3CCCC3C(F)(F)F)nc2c1C(=O)Nc1cc(-c2cnco2)ccn1. The van der Waals surface area contributed by atoms with Crippen LogP contribution in [0.2, 0.25) is 0 Å². The van der Waals surface area contributed by atoms with Crippen molar-refractivity contribution < 1.29 is 22.4 Å². The van der Waals surface area contributed by atoms with Gasteiger partial charge in [0.2, 0.25) is 0 Å². The van der Waals surface area contributed by atoms with Crippen LogP contribution < -0.4 is 10.2 Å². The normalized spacial score (nSPS) is 16.5. The van der Waals surface area contributed by atoms with Gasteiger partial charge in [0.25, 0.3) is 5.91 Å². The minimum atomic E-state index is -4.36. The monoisotopic (exact) mass is 457 g/mol. The summed E-state index contributed by atoms with van der Waals surface area (Å²) in [6.45, 7) is 1.87. The number of aromatic nitrogens is 5. The molecule has 170 valence electrons. The second-order valence-corrected chi connectivity index (χ2v) is 7.66. The molecule has 1 unspecified atom stereocenters. The highest BCUT2D eigenvalue weighted by Crippen LogP contribution is 2.35. The number of oxazole rings is 1. The first-order valence-electron chi connectivity index (χ1n) is 10.2. The van der Waals surface area contributed by atoms with Crippen molar-refractivity contribution in [2.24, 2.45) is 0 Å². The summed E-state index contributed by atoms with van der Waals surface area (Å²) in [5, 5.41) is 6.98. The van der Waals surface area contributed by atoms with E-state index in [4.69, 9.17) is 4.42 Å². The maximum Gasteiger partial charge on any atom is 0.408 e. The zero-order chi connectivity index (χ0) is 23.2. The average Bonchev–Trinajstić information content (AvgIpc) is 3.52. The summed E-state index contributed by atoms with van der Waals surface area (Å²) in [6.07, 6.45) is 1.91. The van der Waals surface area contributed by atoms with E-state index in [1.165, 1.54) is 40.5 Å². The summed E-state index contributed by atoms with van der Waals surface area (Å²) < 4.78 is 46.9. The van der Waals surface area contributed by atoms with Gasteiger partial charge in [-0.25, -0.2) is 19.5 Å². The number of aryl methyl sites for hydroxylation is 1. The van der Waals surface area contributed by atoms with E-state index in [1.807, 2.05) is 0 Å². The van der Waals surface area contributed by atoms with Gasteiger partial charge in [0.1, 0.15) is 23.2 Å². The number of hydrogen-bond donors (Lipinski definition) is 1. The fourth-order valence-electron chi connectivity index (χ4n) is 4.03. The van der Waals surface area contributed by atoms with Crippen molar-refractivity contribution in [3.8, 4) is 11.3 Å². The molecule has 0 aliphatic carbocycles. The van der Waals surface area contributed by atoms with Crippen LogP contribution in [0, 0.1) is 6.92 Å². The van der Waals surface area contributed by atoms with Crippen LogP contribution in [0.4, 0.5) is 24.8 Å². The smallest absolute Gasteiger partial charge is 0.408 e. The number of alkyl halides is 3. The Morgan fingerprint density at radius 2 is 2.15 bits per heavy atom. The molecule has 0 bridgehead atoms. The van der Waals surface area contributed by atoms with E-state index < -0.39 is 18.1 Å². The second-order valence-electron chi connectivity index (χ2n) is 7.66. The van der Waals surface area contributed by atoms with Crippen molar-refractivity contribution in [2.45, 2.75) is 32.0 Å². The van der Waals surface area contributed by atoms with Gasteiger partial charge < -0.3 is 14.6 Å². The van der Waals surface area contributed by atoms with Crippen molar-refractivity contribution in [3.05, 3.63) is 54.4 Å². The third-order valence-electron chi connectivity index (χ3n) is 5.52. The molecule has 1 atom stereocenters. The van der Waals surface area contributed by atoms with Gasteiger partial charge in [0.05, 0.1) is 11.9 Å². The van der Waals surface area contributed by atoms with E-state index in [0.29, 0.717) is 23.4 Å². The molecule has 1 amide bonds. The van der Waals surface area contributed by atoms with Crippen LogP contribution in [-0.2, 0) is 0 Å². The van der Waals surface area contributed by atoms with Crippen LogP contribution in [0.3, 0.4) is 0 Å². The number of rotatable bonds is 4. The molecule has 1 aliphatic heterocycles. The number of nitrogens with zero attached hydrogens (tertiary/aromatic N) is 6. The van der Waals surface area contributed by atoms with Gasteiger partial charge in [0.15, 0.2) is 17.8 Å². The van der Waals surface area contributed by atoms with Crippen LogP contribution in [-0.4, -0.2) is 49.2 Å². The molecule has 1 aliphatic rings. The third kappa shape index (κ3) is 3.88. The summed E-state index contributed by atoms with van der Waals surface area (Å²) in [7, 11) is 0. The minimum Gasteiger partial charge on any atom is -0.444 e. The fraction of sp³-hybridized carbons (Fsp3) is 0.286. The first kappa shape index (κ1) is 20.9. The van der Waals surface area contributed by atoms with Crippen LogP contribution in [0.15, 0.2) is 47.6 Å². The van der Waals surface area contributed by atoms with Crippen LogP contribution in [0.1, 0.15) is 28.9 Å². The first-order chi connectivity index (χ1) is 15.8. The summed E-state index contributed by atoms with van der Waals surface area (Å²) in [6, 6.07) is 3.21. The maximum absolute atomic E-state index is 13.4. The molecule has 4 aromatic heterocycles. The molecule has 1 saturated heterocycles. The topological polar surface area (TPSA) is 101 Å². The number of carbonyl (C=O) groups excluding carboxylic acids is 1. The highest BCUT2D eigenvalue weighted by Gasteiger charge is 2.46. The lowest BCUT2D eigenvalue weighted by Gasteiger charge is -2.27. The quantitative estimate of drug-likeness (QED) is 0.496. The highest BCUT2D eigenvalue weighted by atomic mass is 19.4. The number of hydrogen-bond acceptors (Lipinski definition) is 7. The summed E-state index contributed by atoms with van der Waals surface area (Å²) in [4.78, 5) is 26.7. The number of nitrogens with one attached hydrogen (secondary N) is 1. The molecule has 1 fully saturated rings. The van der Waals surface area contributed by atoms with Crippen LogP contribution in [0.25, 0.3) is 17.0 Å². The Kier molecular flexibility index (Phi) is 4.99. The minimum absolute atomic E-state index is 0.00912. The lowest BCUT2D eigenvalue weighted by Crippen LogP contribution is -2.41. The number of halogens is 3. The molecule has 0 radical (unpaired) electrons. The van der Waals surface area contributed by atoms with Gasteiger partial charge in [-0.3, -0.25) is 4.79 Å². The number of anilines is 2. The predicted molar refractivity (Wildman–Crippen MR) is 112 cm³/mol. The Hall–Kier alpha value is -3.96. The number of carbonyl (C=O) groups is 1. The number of fused-ring (bicyclic) bond motifs is 1. The van der Waals surface area contributed by atoms with E-state index >= 15 is 0 Å². The Morgan fingerprint density at radius 3 is 2.91 bits per heavy atom. The molecule has 0 saturated carbocycles. The molecular weight excluding hydrogens is 439 g/mol. The predicted octanol–water partition coefficient (Wildman–Crippen LogP) is 3.87.